The van der Waals surface area contributed by atoms with Gasteiger partial charge in [0.05, 0.1) is 6.54 Å². The molecule has 2 aromatic carbocycles. The van der Waals surface area contributed by atoms with Gasteiger partial charge in [-0.05, 0) is 23.8 Å². The van der Waals surface area contributed by atoms with Crippen LogP contribution in [0.25, 0.3) is 22.6 Å². The zero-order valence-corrected chi connectivity index (χ0v) is 20.6. The van der Waals surface area contributed by atoms with E-state index in [1.54, 1.807) is 0 Å². The second-order valence-electron chi connectivity index (χ2n) is 8.63. The van der Waals surface area contributed by atoms with E-state index in [9.17, 15) is 49.8 Å². The van der Waals surface area contributed by atoms with Crippen molar-refractivity contribution >= 4 is 11.2 Å². The molecule has 0 radical (unpaired) electrons. The smallest absolute Gasteiger partial charge is 0.485 e. The predicted molar refractivity (Wildman–Crippen MR) is 126 cm³/mol. The Labute approximate surface area is 223 Å². The fraction of sp³-hybridized carbons (Fsp3) is 0.292. The Morgan fingerprint density at radius 2 is 1.66 bits per heavy atom. The molecule has 220 valence electrons. The molecule has 0 bridgehead atoms. The van der Waals surface area contributed by atoms with Crippen molar-refractivity contribution < 1.29 is 49.7 Å². The van der Waals surface area contributed by atoms with Crippen molar-refractivity contribution in [3.8, 4) is 22.9 Å². The number of hydrogen-bond donors (Lipinski definition) is 2. The summed E-state index contributed by atoms with van der Waals surface area (Å²) in [5.41, 5.74) is -3.35. The molecular weight excluding hydrogens is 576 g/mol. The highest BCUT2D eigenvalue weighted by Gasteiger charge is 2.39. The molecule has 2 heterocycles. The minimum Gasteiger partial charge on any atom is -0.485 e. The first-order valence-corrected chi connectivity index (χ1v) is 11.4. The van der Waals surface area contributed by atoms with Gasteiger partial charge in [-0.25, -0.2) is 18.6 Å². The number of aliphatic hydroxyl groups excluding tert-OH is 1. The van der Waals surface area contributed by atoms with Gasteiger partial charge in [0, 0.05) is 18.2 Å². The van der Waals surface area contributed by atoms with Crippen LogP contribution in [0.5, 0.6) is 11.5 Å². The van der Waals surface area contributed by atoms with Gasteiger partial charge in [0.15, 0.2) is 28.8 Å². The fourth-order valence-corrected chi connectivity index (χ4v) is 3.84. The molecule has 0 spiro atoms. The molecule has 17 heteroatoms. The number of H-pyrrole nitrogens is 1. The van der Waals surface area contributed by atoms with Crippen molar-refractivity contribution in [2.75, 3.05) is 0 Å². The lowest BCUT2D eigenvalue weighted by Crippen LogP contribution is -2.39. The summed E-state index contributed by atoms with van der Waals surface area (Å²) in [7, 11) is 1.23. The van der Waals surface area contributed by atoms with Gasteiger partial charge in [0.2, 0.25) is 0 Å². The second kappa shape index (κ2) is 10.9. The number of nitrogens with one attached hydrogen (secondary N) is 1. The Morgan fingerprint density at radius 3 is 2.24 bits per heavy atom. The summed E-state index contributed by atoms with van der Waals surface area (Å²) in [6.07, 6.45) is -16.0. The first kappa shape index (κ1) is 29.6. The number of nitrogens with zero attached hydrogens (tertiary/aromatic N) is 3. The number of alkyl halides is 8. The Morgan fingerprint density at radius 1 is 1.00 bits per heavy atom. The molecule has 0 aliphatic carbocycles. The number of imidazole rings is 1. The molecule has 0 saturated heterocycles. The summed E-state index contributed by atoms with van der Waals surface area (Å²) in [6, 6.07) is 7.96. The molecule has 0 aliphatic heterocycles. The molecule has 2 N–H and O–H groups in total. The molecule has 2 aromatic heterocycles. The van der Waals surface area contributed by atoms with Crippen LogP contribution in [0.3, 0.4) is 0 Å². The maximum Gasteiger partial charge on any atom is 0.573 e. The van der Waals surface area contributed by atoms with Crippen LogP contribution in [0.15, 0.2) is 52.1 Å². The van der Waals surface area contributed by atoms with Gasteiger partial charge < -0.3 is 19.1 Å². The van der Waals surface area contributed by atoms with Gasteiger partial charge in [-0.1, -0.05) is 24.3 Å². The van der Waals surface area contributed by atoms with Crippen molar-refractivity contribution in [1.82, 2.24) is 19.1 Å². The van der Waals surface area contributed by atoms with Crippen molar-refractivity contribution in [3.05, 3.63) is 74.4 Å². The third kappa shape index (κ3) is 6.50. The van der Waals surface area contributed by atoms with E-state index in [0.29, 0.717) is 10.1 Å². The molecule has 0 amide bonds. The van der Waals surface area contributed by atoms with Crippen LogP contribution < -0.4 is 20.7 Å². The van der Waals surface area contributed by atoms with E-state index in [1.807, 2.05) is 4.98 Å². The van der Waals surface area contributed by atoms with Crippen LogP contribution in [0.4, 0.5) is 35.1 Å². The lowest BCUT2D eigenvalue weighted by molar-refractivity contribution is -0.275. The van der Waals surface area contributed by atoms with Gasteiger partial charge in [-0.2, -0.15) is 13.2 Å². The number of halogens is 8. The van der Waals surface area contributed by atoms with Gasteiger partial charge in [-0.15, -0.1) is 13.2 Å². The minimum atomic E-state index is -5.19. The molecule has 4 rings (SSSR count). The topological polar surface area (TPSA) is 111 Å². The zero-order valence-electron chi connectivity index (χ0n) is 20.6. The van der Waals surface area contributed by atoms with Crippen molar-refractivity contribution in [2.45, 2.75) is 38.2 Å². The first-order chi connectivity index (χ1) is 19.0. The average molecular weight is 594 g/mol. The summed E-state index contributed by atoms with van der Waals surface area (Å²) in [4.78, 5) is 30.5. The summed E-state index contributed by atoms with van der Waals surface area (Å²) in [5, 5.41) is 9.45. The quantitative estimate of drug-likeness (QED) is 0.292. The molecule has 0 unspecified atom stereocenters. The highest BCUT2D eigenvalue weighted by Crippen LogP contribution is 2.37. The van der Waals surface area contributed by atoms with E-state index < -0.39 is 65.5 Å². The number of hydrogen-bond acceptors (Lipinski definition) is 6. The molecule has 41 heavy (non-hydrogen) atoms. The van der Waals surface area contributed by atoms with Crippen LogP contribution in [0.2, 0.25) is 0 Å². The third-order valence-corrected chi connectivity index (χ3v) is 5.80. The SMILES string of the molecule is Cn1c(-c2ccc(OCc3ccc(C(F)F)cc3)c(OC(F)(F)F)c2)nc2c1c(=O)[nH]c(=O)n2C[C@H](O)C(F)(F)F. The van der Waals surface area contributed by atoms with E-state index >= 15 is 0 Å². The summed E-state index contributed by atoms with van der Waals surface area (Å²) in [6.45, 7) is -1.65. The van der Waals surface area contributed by atoms with Crippen molar-refractivity contribution in [3.63, 3.8) is 0 Å². The molecule has 0 saturated carbocycles. The van der Waals surface area contributed by atoms with Gasteiger partial charge in [0.25, 0.3) is 12.0 Å². The normalized spacial score (nSPS) is 13.1. The van der Waals surface area contributed by atoms with Crippen LogP contribution in [0.1, 0.15) is 17.6 Å². The molecule has 1 atom stereocenters. The lowest BCUT2D eigenvalue weighted by Gasteiger charge is -2.15. The Bertz CT molecular complexity index is 1670. The standard InChI is InChI=1S/C24H18F8N4O5/c1-35-17-20(36(22(39)34-21(17)38)9-16(37)23(27,28)29)33-19(35)13-6-7-14(15(8-13)41-24(30,31)32)40-10-11-2-4-12(5-3-11)18(25)26/h2-8,16,18,37H,9-10H2,1H3,(H,34,38,39)/t16-/m0/s1. The zero-order chi connectivity index (χ0) is 30.3. The molecule has 9 nitrogen and oxygen atoms in total. The Hall–Kier alpha value is -4.41. The Balaban J connectivity index is 1.75. The van der Waals surface area contributed by atoms with Gasteiger partial charge in [0.1, 0.15) is 12.4 Å². The monoisotopic (exact) mass is 594 g/mol. The van der Waals surface area contributed by atoms with Crippen LogP contribution in [-0.2, 0) is 20.2 Å². The van der Waals surface area contributed by atoms with Crippen molar-refractivity contribution in [2.24, 2.45) is 7.05 Å². The summed E-state index contributed by atoms with van der Waals surface area (Å²) < 4.78 is 115. The van der Waals surface area contributed by atoms with Crippen LogP contribution in [0, 0.1) is 0 Å². The number of ether oxygens (including phenoxy) is 2. The maximum atomic E-state index is 13.2. The number of aliphatic hydroxyl groups is 1. The minimum absolute atomic E-state index is 0.119. The summed E-state index contributed by atoms with van der Waals surface area (Å²) >= 11 is 0. The number of aromatic amines is 1. The van der Waals surface area contributed by atoms with E-state index in [0.717, 1.165) is 28.8 Å². The van der Waals surface area contributed by atoms with E-state index in [-0.39, 0.29) is 23.6 Å². The number of benzene rings is 2. The third-order valence-electron chi connectivity index (χ3n) is 5.80. The van der Waals surface area contributed by atoms with Crippen LogP contribution >= 0.6 is 0 Å². The number of rotatable bonds is 8. The van der Waals surface area contributed by atoms with Crippen LogP contribution in [-0.4, -0.2) is 42.9 Å². The van der Waals surface area contributed by atoms with Gasteiger partial charge >= 0.3 is 18.2 Å². The highest BCUT2D eigenvalue weighted by molar-refractivity contribution is 5.77. The number of fused-ring (bicyclic) bond motifs is 1. The number of aryl methyl sites for hydroxylation is 1. The lowest BCUT2D eigenvalue weighted by atomic mass is 10.1. The van der Waals surface area contributed by atoms with E-state index in [1.165, 1.54) is 25.2 Å². The highest BCUT2D eigenvalue weighted by atomic mass is 19.4. The number of aromatic nitrogens is 4. The molecule has 4 aromatic rings. The van der Waals surface area contributed by atoms with E-state index in [2.05, 4.69) is 9.72 Å². The largest absolute Gasteiger partial charge is 0.573 e. The fourth-order valence-electron chi connectivity index (χ4n) is 3.84. The average Bonchev–Trinajstić information content (AvgIpc) is 3.21. The second-order valence-corrected chi connectivity index (χ2v) is 8.63. The summed E-state index contributed by atoms with van der Waals surface area (Å²) in [5.74, 6) is -1.51. The molecule has 0 aliphatic rings. The van der Waals surface area contributed by atoms with Crippen molar-refractivity contribution in [1.29, 1.82) is 0 Å². The first-order valence-electron chi connectivity index (χ1n) is 11.4. The maximum absolute atomic E-state index is 13.2. The molecular formula is C24H18F8N4O5. The Kier molecular flexibility index (Phi) is 7.84. The predicted octanol–water partition coefficient (Wildman–Crippen LogP) is 4.43. The van der Waals surface area contributed by atoms with Gasteiger partial charge in [-0.3, -0.25) is 14.3 Å². The molecule has 0 fully saturated rings. The van der Waals surface area contributed by atoms with E-state index in [4.69, 9.17) is 4.74 Å².